The lowest BCUT2D eigenvalue weighted by Gasteiger charge is -2.21. The molecule has 0 fully saturated rings. The Morgan fingerprint density at radius 2 is 0.974 bits per heavy atom. The second-order valence-corrected chi connectivity index (χ2v) is 10.7. The number of fused-ring (bicyclic) bond motifs is 2. The van der Waals surface area contributed by atoms with Gasteiger partial charge in [0.2, 0.25) is 0 Å². The van der Waals surface area contributed by atoms with Crippen molar-refractivity contribution in [3.05, 3.63) is 59.7 Å². The van der Waals surface area contributed by atoms with Gasteiger partial charge >= 0.3 is 0 Å². The van der Waals surface area contributed by atoms with Gasteiger partial charge in [-0.2, -0.15) is 0 Å². The number of rotatable bonds is 18. The highest BCUT2D eigenvalue weighted by atomic mass is 16.1. The fourth-order valence-corrected chi connectivity index (χ4v) is 5.46. The molecule has 0 saturated heterocycles. The average molecular weight is 517 g/mol. The number of carbonyl (C=O) groups is 2. The van der Waals surface area contributed by atoms with E-state index in [0.29, 0.717) is 13.1 Å². The molecular formula is C34H48N2O2. The highest BCUT2D eigenvalue weighted by molar-refractivity contribution is 6.16. The van der Waals surface area contributed by atoms with Gasteiger partial charge < -0.3 is 0 Å². The van der Waals surface area contributed by atoms with Gasteiger partial charge in [-0.25, -0.2) is 0 Å². The Balaban J connectivity index is 1.88. The maximum atomic E-state index is 13.5. The van der Waals surface area contributed by atoms with Crippen molar-refractivity contribution in [2.24, 2.45) is 0 Å². The van der Waals surface area contributed by atoms with Crippen LogP contribution in [0.4, 0.5) is 0 Å². The van der Waals surface area contributed by atoms with Crippen molar-refractivity contribution in [1.29, 1.82) is 0 Å². The molecule has 0 spiro atoms. The van der Waals surface area contributed by atoms with Crippen LogP contribution in [0.1, 0.15) is 99.8 Å². The first-order chi connectivity index (χ1) is 18.5. The normalized spacial score (nSPS) is 11.7. The van der Waals surface area contributed by atoms with Gasteiger partial charge in [-0.05, 0) is 85.5 Å². The van der Waals surface area contributed by atoms with Gasteiger partial charge in [-0.1, -0.05) is 89.8 Å². The molecule has 4 heteroatoms. The van der Waals surface area contributed by atoms with E-state index >= 15 is 0 Å². The Bertz CT molecular complexity index is 1090. The zero-order valence-electron chi connectivity index (χ0n) is 24.2. The first-order valence-corrected chi connectivity index (χ1v) is 15.0. The third-order valence-electron chi connectivity index (χ3n) is 7.45. The van der Waals surface area contributed by atoms with Crippen molar-refractivity contribution in [3.63, 3.8) is 0 Å². The third kappa shape index (κ3) is 8.22. The molecule has 3 aromatic carbocycles. The molecule has 0 atom stereocenters. The molecule has 0 unspecified atom stereocenters. The molecule has 0 amide bonds. The van der Waals surface area contributed by atoms with Crippen molar-refractivity contribution in [2.45, 2.75) is 79.1 Å². The summed E-state index contributed by atoms with van der Waals surface area (Å²) in [5.74, 6) is 0.351. The van der Waals surface area contributed by atoms with E-state index in [4.69, 9.17) is 0 Å². The summed E-state index contributed by atoms with van der Waals surface area (Å²) >= 11 is 0. The summed E-state index contributed by atoms with van der Waals surface area (Å²) in [5, 5.41) is 3.99. The van der Waals surface area contributed by atoms with Crippen LogP contribution in [0.15, 0.2) is 48.5 Å². The Labute approximate surface area is 230 Å². The van der Waals surface area contributed by atoms with Gasteiger partial charge in [0.1, 0.15) is 0 Å². The standard InChI is InChI=1S/C34H48N2O2/c1-5-9-11-21-35(19-7-3)25-33(37)29-17-13-15-27-24-32-28(23-31(27)29)16-14-18-30(32)34(38)26-36(20-8-4)22-12-10-6-2/h13-18,23-24H,5-12,19-22,25-26H2,1-4H3. The van der Waals surface area contributed by atoms with Gasteiger partial charge in [0.25, 0.3) is 0 Å². The maximum absolute atomic E-state index is 13.5. The van der Waals surface area contributed by atoms with Crippen LogP contribution in [0.5, 0.6) is 0 Å². The second-order valence-electron chi connectivity index (χ2n) is 10.7. The summed E-state index contributed by atoms with van der Waals surface area (Å²) in [5.41, 5.74) is 1.56. The Hall–Kier alpha value is -2.56. The molecule has 0 N–H and O–H groups in total. The Morgan fingerprint density at radius 3 is 1.34 bits per heavy atom. The largest absolute Gasteiger partial charge is 0.296 e. The van der Waals surface area contributed by atoms with Crippen LogP contribution in [0.2, 0.25) is 0 Å². The molecule has 3 aromatic rings. The highest BCUT2D eigenvalue weighted by Crippen LogP contribution is 2.29. The highest BCUT2D eigenvalue weighted by Gasteiger charge is 2.18. The van der Waals surface area contributed by atoms with E-state index in [1.807, 2.05) is 24.3 Å². The van der Waals surface area contributed by atoms with E-state index in [2.05, 4.69) is 61.8 Å². The lowest BCUT2D eigenvalue weighted by molar-refractivity contribution is 0.0923. The molecule has 3 rings (SSSR count). The fourth-order valence-electron chi connectivity index (χ4n) is 5.46. The SMILES string of the molecule is CCCCCN(CCC)CC(=O)c1cccc2cc3c(C(=O)CN(CCC)CCCCC)cccc3cc12. The van der Waals surface area contributed by atoms with Crippen LogP contribution in [-0.2, 0) is 0 Å². The maximum Gasteiger partial charge on any atom is 0.177 e. The van der Waals surface area contributed by atoms with Crippen molar-refractivity contribution in [2.75, 3.05) is 39.3 Å². The Morgan fingerprint density at radius 1 is 0.553 bits per heavy atom. The van der Waals surface area contributed by atoms with Crippen LogP contribution >= 0.6 is 0 Å². The molecule has 4 nitrogen and oxygen atoms in total. The van der Waals surface area contributed by atoms with Crippen molar-refractivity contribution in [3.8, 4) is 0 Å². The molecular weight excluding hydrogens is 468 g/mol. The van der Waals surface area contributed by atoms with Crippen LogP contribution < -0.4 is 0 Å². The molecule has 0 aromatic heterocycles. The van der Waals surface area contributed by atoms with E-state index in [1.54, 1.807) is 0 Å². The zero-order valence-corrected chi connectivity index (χ0v) is 24.2. The summed E-state index contributed by atoms with van der Waals surface area (Å²) in [4.78, 5) is 31.6. The minimum Gasteiger partial charge on any atom is -0.296 e. The van der Waals surface area contributed by atoms with E-state index in [0.717, 1.165) is 84.5 Å². The number of benzene rings is 3. The van der Waals surface area contributed by atoms with Gasteiger partial charge in [-0.15, -0.1) is 0 Å². The average Bonchev–Trinajstić information content (AvgIpc) is 2.91. The van der Waals surface area contributed by atoms with Crippen molar-refractivity contribution < 1.29 is 9.59 Å². The minimum absolute atomic E-state index is 0.175. The van der Waals surface area contributed by atoms with Crippen LogP contribution in [0, 0.1) is 0 Å². The van der Waals surface area contributed by atoms with Gasteiger partial charge in [0.05, 0.1) is 13.1 Å². The number of nitrogens with zero attached hydrogens (tertiary/aromatic N) is 2. The summed E-state index contributed by atoms with van der Waals surface area (Å²) in [6.07, 6.45) is 9.13. The van der Waals surface area contributed by atoms with Crippen molar-refractivity contribution in [1.82, 2.24) is 9.80 Å². The molecule has 0 bridgehead atoms. The lowest BCUT2D eigenvalue weighted by atomic mass is 9.94. The molecule has 38 heavy (non-hydrogen) atoms. The molecule has 0 heterocycles. The summed E-state index contributed by atoms with van der Waals surface area (Å²) in [7, 11) is 0. The third-order valence-corrected chi connectivity index (χ3v) is 7.45. The van der Waals surface area contributed by atoms with Gasteiger partial charge in [0.15, 0.2) is 11.6 Å². The summed E-state index contributed by atoms with van der Waals surface area (Å²) in [6, 6.07) is 16.2. The first-order valence-electron chi connectivity index (χ1n) is 15.0. The van der Waals surface area contributed by atoms with E-state index in [-0.39, 0.29) is 11.6 Å². The fraction of sp³-hybridized carbons (Fsp3) is 0.529. The number of hydrogen-bond acceptors (Lipinski definition) is 4. The number of hydrogen-bond donors (Lipinski definition) is 0. The van der Waals surface area contributed by atoms with E-state index < -0.39 is 0 Å². The number of carbonyl (C=O) groups excluding carboxylic acids is 2. The molecule has 0 aliphatic carbocycles. The summed E-state index contributed by atoms with van der Waals surface area (Å²) in [6.45, 7) is 13.5. The molecule has 0 saturated carbocycles. The Kier molecular flexibility index (Phi) is 12.4. The predicted octanol–water partition coefficient (Wildman–Crippen LogP) is 8.16. The van der Waals surface area contributed by atoms with E-state index in [9.17, 15) is 9.59 Å². The quantitative estimate of drug-likeness (QED) is 0.0971. The van der Waals surface area contributed by atoms with E-state index in [1.165, 1.54) is 25.7 Å². The molecule has 206 valence electrons. The monoisotopic (exact) mass is 516 g/mol. The van der Waals surface area contributed by atoms with Crippen LogP contribution in [0.3, 0.4) is 0 Å². The number of ketones is 2. The first kappa shape index (κ1) is 30.0. The minimum atomic E-state index is 0.175. The topological polar surface area (TPSA) is 40.6 Å². The number of unbranched alkanes of at least 4 members (excludes halogenated alkanes) is 4. The predicted molar refractivity (Wildman–Crippen MR) is 163 cm³/mol. The van der Waals surface area contributed by atoms with Crippen LogP contribution in [0.25, 0.3) is 21.5 Å². The smallest absolute Gasteiger partial charge is 0.177 e. The lowest BCUT2D eigenvalue weighted by Crippen LogP contribution is -2.32. The summed E-state index contributed by atoms with van der Waals surface area (Å²) < 4.78 is 0. The second kappa shape index (κ2) is 15.8. The van der Waals surface area contributed by atoms with Crippen molar-refractivity contribution >= 4 is 33.1 Å². The molecule has 0 aliphatic rings. The molecule has 0 radical (unpaired) electrons. The van der Waals surface area contributed by atoms with Crippen LogP contribution in [-0.4, -0.2) is 60.6 Å². The zero-order chi connectivity index (χ0) is 27.3. The number of Topliss-reactive ketones (excluding diaryl/α,β-unsaturated/α-hetero) is 2. The molecule has 0 aliphatic heterocycles. The van der Waals surface area contributed by atoms with Gasteiger partial charge in [0, 0.05) is 11.1 Å². The van der Waals surface area contributed by atoms with Gasteiger partial charge in [-0.3, -0.25) is 19.4 Å².